The van der Waals surface area contributed by atoms with Crippen molar-refractivity contribution in [3.05, 3.63) is 28.9 Å². The van der Waals surface area contributed by atoms with Crippen molar-refractivity contribution in [3.63, 3.8) is 0 Å². The molecule has 0 spiro atoms. The minimum atomic E-state index is -3.36. The van der Waals surface area contributed by atoms with Crippen LogP contribution >= 0.6 is 15.9 Å². The van der Waals surface area contributed by atoms with Crippen LogP contribution in [0.2, 0.25) is 0 Å². The molecule has 5 nitrogen and oxygen atoms in total. The Morgan fingerprint density at radius 1 is 1.26 bits per heavy atom. The first-order chi connectivity index (χ1) is 10.8. The van der Waals surface area contributed by atoms with E-state index in [-0.39, 0.29) is 17.0 Å². The van der Waals surface area contributed by atoms with Gasteiger partial charge >= 0.3 is 0 Å². The summed E-state index contributed by atoms with van der Waals surface area (Å²) >= 11 is 3.45. The molecule has 1 saturated carbocycles. The van der Waals surface area contributed by atoms with Gasteiger partial charge in [0.15, 0.2) is 9.84 Å². The first-order valence-corrected chi connectivity index (χ1v) is 10.3. The molecule has 1 fully saturated rings. The van der Waals surface area contributed by atoms with Gasteiger partial charge < -0.3 is 11.1 Å². The van der Waals surface area contributed by atoms with E-state index in [4.69, 9.17) is 5.73 Å². The number of anilines is 1. The fraction of sp³-hybridized carbons (Fsp3) is 0.438. The largest absolute Gasteiger partial charge is 0.381 e. The molecule has 1 aliphatic carbocycles. The third-order valence-corrected chi connectivity index (χ3v) is 5.92. The average Bonchev–Trinajstić information content (AvgIpc) is 2.49. The van der Waals surface area contributed by atoms with Crippen LogP contribution in [0.4, 0.5) is 5.69 Å². The number of hydrogen-bond donors (Lipinski definition) is 2. The van der Waals surface area contributed by atoms with Gasteiger partial charge in [0.2, 0.25) is 0 Å². The van der Waals surface area contributed by atoms with Gasteiger partial charge in [-0.1, -0.05) is 15.9 Å². The third kappa shape index (κ3) is 3.67. The van der Waals surface area contributed by atoms with Crippen LogP contribution in [-0.2, 0) is 9.84 Å². The maximum Gasteiger partial charge on any atom is 0.179 e. The molecule has 0 saturated heterocycles. The van der Waals surface area contributed by atoms with Crippen molar-refractivity contribution < 1.29 is 8.42 Å². The number of rotatable bonds is 3. The monoisotopic (exact) mass is 397 g/mol. The van der Waals surface area contributed by atoms with E-state index in [1.54, 1.807) is 0 Å². The number of nitrogens with one attached hydrogen (secondary N) is 1. The molecule has 1 aromatic carbocycles. The zero-order valence-electron chi connectivity index (χ0n) is 12.9. The quantitative estimate of drug-likeness (QED) is 0.830. The number of sulfone groups is 1. The summed E-state index contributed by atoms with van der Waals surface area (Å²) < 4.78 is 25.2. The summed E-state index contributed by atoms with van der Waals surface area (Å²) in [6, 6.07) is 6.19. The number of halogens is 1. The van der Waals surface area contributed by atoms with Crippen LogP contribution in [0, 0.1) is 0 Å². The van der Waals surface area contributed by atoms with Crippen LogP contribution in [0.1, 0.15) is 25.7 Å². The lowest BCUT2D eigenvalue weighted by molar-refractivity contribution is 0.411. The van der Waals surface area contributed by atoms with Crippen molar-refractivity contribution in [1.29, 1.82) is 0 Å². The minimum Gasteiger partial charge on any atom is -0.381 e. The fourth-order valence-electron chi connectivity index (χ4n) is 3.04. The summed E-state index contributed by atoms with van der Waals surface area (Å²) in [7, 11) is -3.36. The molecule has 1 heterocycles. The third-order valence-electron chi connectivity index (χ3n) is 4.31. The molecule has 0 aliphatic heterocycles. The van der Waals surface area contributed by atoms with Crippen molar-refractivity contribution in [2.24, 2.45) is 5.73 Å². The molecular weight excluding hydrogens is 378 g/mol. The Morgan fingerprint density at radius 2 is 1.96 bits per heavy atom. The second-order valence-corrected chi connectivity index (χ2v) is 9.09. The number of fused-ring (bicyclic) bond motifs is 1. The van der Waals surface area contributed by atoms with Crippen LogP contribution in [0.3, 0.4) is 0 Å². The predicted octanol–water partition coefficient (Wildman–Crippen LogP) is 3.08. The van der Waals surface area contributed by atoms with Crippen LogP contribution < -0.4 is 11.1 Å². The van der Waals surface area contributed by atoms with E-state index >= 15 is 0 Å². The molecule has 0 amide bonds. The van der Waals surface area contributed by atoms with E-state index in [0.717, 1.165) is 41.1 Å². The van der Waals surface area contributed by atoms with Gasteiger partial charge in [0, 0.05) is 34.4 Å². The van der Waals surface area contributed by atoms with Gasteiger partial charge in [0.1, 0.15) is 4.90 Å². The highest BCUT2D eigenvalue weighted by atomic mass is 79.9. The molecule has 3 N–H and O–H groups in total. The lowest BCUT2D eigenvalue weighted by Gasteiger charge is -2.28. The Balaban J connectivity index is 2.09. The van der Waals surface area contributed by atoms with Gasteiger partial charge in [0.05, 0.1) is 11.2 Å². The Labute approximate surface area is 144 Å². The summed E-state index contributed by atoms with van der Waals surface area (Å²) in [6.07, 6.45) is 6.47. The fourth-order valence-corrected chi connectivity index (χ4v) is 4.19. The first kappa shape index (κ1) is 16.7. The molecule has 3 rings (SSSR count). The summed E-state index contributed by atoms with van der Waals surface area (Å²) in [5.41, 5.74) is 7.39. The highest BCUT2D eigenvalue weighted by Crippen LogP contribution is 2.33. The SMILES string of the molecule is CS(=O)(=O)c1cnc2ccc(Br)cc2c1NC1CCC(N)CC1. The Bertz CT molecular complexity index is 831. The van der Waals surface area contributed by atoms with E-state index in [1.807, 2.05) is 18.2 Å². The van der Waals surface area contributed by atoms with Gasteiger partial charge in [-0.15, -0.1) is 0 Å². The zero-order valence-corrected chi connectivity index (χ0v) is 15.3. The zero-order chi connectivity index (χ0) is 16.6. The lowest BCUT2D eigenvalue weighted by Crippen LogP contribution is -2.33. The standard InChI is InChI=1S/C16H20BrN3O2S/c1-23(21,22)15-9-19-14-7-2-10(17)8-13(14)16(15)20-12-5-3-11(18)4-6-12/h2,7-9,11-12H,3-6,18H2,1H3,(H,19,20). The normalized spacial score (nSPS) is 22.2. The van der Waals surface area contributed by atoms with Crippen molar-refractivity contribution in [1.82, 2.24) is 4.98 Å². The number of nitrogens with two attached hydrogens (primary N) is 1. The number of hydrogen-bond acceptors (Lipinski definition) is 5. The van der Waals surface area contributed by atoms with Gasteiger partial charge in [-0.25, -0.2) is 8.42 Å². The van der Waals surface area contributed by atoms with Gasteiger partial charge in [0.25, 0.3) is 0 Å². The van der Waals surface area contributed by atoms with E-state index < -0.39 is 9.84 Å². The number of nitrogens with zero attached hydrogens (tertiary/aromatic N) is 1. The topological polar surface area (TPSA) is 85.1 Å². The number of aromatic nitrogens is 1. The van der Waals surface area contributed by atoms with Crippen molar-refractivity contribution in [2.75, 3.05) is 11.6 Å². The summed E-state index contributed by atoms with van der Waals surface area (Å²) in [6.45, 7) is 0. The summed E-state index contributed by atoms with van der Waals surface area (Å²) in [5, 5.41) is 4.27. The number of benzene rings is 1. The van der Waals surface area contributed by atoms with Crippen molar-refractivity contribution in [3.8, 4) is 0 Å². The smallest absolute Gasteiger partial charge is 0.179 e. The molecule has 1 aliphatic rings. The highest BCUT2D eigenvalue weighted by molar-refractivity contribution is 9.10. The van der Waals surface area contributed by atoms with Crippen LogP contribution in [0.15, 0.2) is 33.8 Å². The summed E-state index contributed by atoms with van der Waals surface area (Å²) in [4.78, 5) is 4.54. The van der Waals surface area contributed by atoms with Gasteiger partial charge in [-0.2, -0.15) is 0 Å². The number of pyridine rings is 1. The predicted molar refractivity (Wildman–Crippen MR) is 96.4 cm³/mol. The molecular formula is C16H20BrN3O2S. The molecule has 2 aromatic rings. The molecule has 0 unspecified atom stereocenters. The van der Waals surface area contributed by atoms with Gasteiger partial charge in [-0.05, 0) is 43.9 Å². The molecule has 7 heteroatoms. The van der Waals surface area contributed by atoms with Crippen LogP contribution in [0.5, 0.6) is 0 Å². The average molecular weight is 398 g/mol. The van der Waals surface area contributed by atoms with Crippen LogP contribution in [0.25, 0.3) is 10.9 Å². The van der Waals surface area contributed by atoms with E-state index in [1.165, 1.54) is 12.5 Å². The second kappa shape index (κ2) is 6.37. The maximum atomic E-state index is 12.2. The van der Waals surface area contributed by atoms with E-state index in [2.05, 4.69) is 26.2 Å². The summed E-state index contributed by atoms with van der Waals surface area (Å²) in [5.74, 6) is 0. The van der Waals surface area contributed by atoms with Crippen LogP contribution in [-0.4, -0.2) is 31.7 Å². The van der Waals surface area contributed by atoms with Crippen molar-refractivity contribution >= 4 is 42.4 Å². The molecule has 124 valence electrons. The molecule has 0 radical (unpaired) electrons. The maximum absolute atomic E-state index is 12.2. The molecule has 0 atom stereocenters. The minimum absolute atomic E-state index is 0.236. The lowest BCUT2D eigenvalue weighted by atomic mass is 9.91. The molecule has 0 bridgehead atoms. The Morgan fingerprint density at radius 3 is 2.61 bits per heavy atom. The highest BCUT2D eigenvalue weighted by Gasteiger charge is 2.23. The van der Waals surface area contributed by atoms with Gasteiger partial charge in [-0.3, -0.25) is 4.98 Å². The Hall–Kier alpha value is -1.18. The first-order valence-electron chi connectivity index (χ1n) is 7.65. The Kier molecular flexibility index (Phi) is 4.62. The molecule has 1 aromatic heterocycles. The van der Waals surface area contributed by atoms with Crippen molar-refractivity contribution in [2.45, 2.75) is 42.7 Å². The van der Waals surface area contributed by atoms with E-state index in [9.17, 15) is 8.42 Å². The molecule has 23 heavy (non-hydrogen) atoms. The second-order valence-electron chi connectivity index (χ2n) is 6.19. The van der Waals surface area contributed by atoms with E-state index in [0.29, 0.717) is 5.69 Å².